The summed E-state index contributed by atoms with van der Waals surface area (Å²) in [7, 11) is 0. The van der Waals surface area contributed by atoms with Gasteiger partial charge in [-0.3, -0.25) is 4.79 Å². The Bertz CT molecular complexity index is 765. The number of pyridine rings is 1. The van der Waals surface area contributed by atoms with Crippen LogP contribution in [0.4, 0.5) is 0 Å². The normalized spacial score (nSPS) is 26.8. The van der Waals surface area contributed by atoms with E-state index in [0.29, 0.717) is 17.2 Å². The first kappa shape index (κ1) is 13.4. The minimum atomic E-state index is -0.0170. The van der Waals surface area contributed by atoms with Crippen LogP contribution in [0.25, 0.3) is 5.65 Å². The minimum Gasteiger partial charge on any atom is -0.348 e. The lowest BCUT2D eigenvalue weighted by molar-refractivity contribution is 0.0620. The molecule has 112 valence electrons. The summed E-state index contributed by atoms with van der Waals surface area (Å²) >= 11 is 0. The predicted octanol–water partition coefficient (Wildman–Crippen LogP) is 1.14. The third kappa shape index (κ3) is 2.26. The number of nitrogens with one attached hydrogen (secondary N) is 1. The Balaban J connectivity index is 1.54. The molecule has 2 aromatic rings. The molecule has 1 amide bonds. The molecule has 5 rings (SSSR count). The summed E-state index contributed by atoms with van der Waals surface area (Å²) in [5.41, 5.74) is 1.98. The molecular formula is C17H18N4O. The molecule has 3 aliphatic rings. The minimum absolute atomic E-state index is 0.0170. The second-order valence-corrected chi connectivity index (χ2v) is 6.17. The average Bonchev–Trinajstić information content (AvgIpc) is 2.98. The SMILES string of the molecule is C#Cc1cn2cc(C(=O)NC3CN4CCC3CC4)ccc2n1. The van der Waals surface area contributed by atoms with Gasteiger partial charge < -0.3 is 14.6 Å². The van der Waals surface area contributed by atoms with Crippen molar-refractivity contribution >= 4 is 11.6 Å². The molecule has 2 bridgehead atoms. The van der Waals surface area contributed by atoms with Gasteiger partial charge in [0, 0.05) is 25.0 Å². The highest BCUT2D eigenvalue weighted by atomic mass is 16.1. The van der Waals surface area contributed by atoms with Crippen LogP contribution in [0, 0.1) is 18.3 Å². The molecular weight excluding hydrogens is 276 g/mol. The second kappa shape index (κ2) is 5.15. The first-order valence-corrected chi connectivity index (χ1v) is 7.71. The van der Waals surface area contributed by atoms with Crippen molar-refractivity contribution in [2.45, 2.75) is 18.9 Å². The smallest absolute Gasteiger partial charge is 0.253 e. The van der Waals surface area contributed by atoms with Gasteiger partial charge in [0.1, 0.15) is 11.3 Å². The summed E-state index contributed by atoms with van der Waals surface area (Å²) in [5.74, 6) is 3.12. The molecule has 5 heterocycles. The molecule has 3 fully saturated rings. The fourth-order valence-electron chi connectivity index (χ4n) is 3.58. The van der Waals surface area contributed by atoms with Gasteiger partial charge in [-0.05, 0) is 49.9 Å². The van der Waals surface area contributed by atoms with E-state index in [2.05, 4.69) is 21.1 Å². The zero-order chi connectivity index (χ0) is 15.1. The molecule has 0 aromatic carbocycles. The van der Waals surface area contributed by atoms with Gasteiger partial charge in [-0.2, -0.15) is 0 Å². The van der Waals surface area contributed by atoms with Crippen molar-refractivity contribution in [1.29, 1.82) is 0 Å². The average molecular weight is 294 g/mol. The zero-order valence-corrected chi connectivity index (χ0v) is 12.3. The molecule has 1 unspecified atom stereocenters. The first-order chi connectivity index (χ1) is 10.7. The summed E-state index contributed by atoms with van der Waals surface area (Å²) in [6, 6.07) is 3.90. The Labute approximate surface area is 129 Å². The molecule has 1 atom stereocenters. The van der Waals surface area contributed by atoms with Crippen molar-refractivity contribution in [2.24, 2.45) is 5.92 Å². The fraction of sp³-hybridized carbons (Fsp3) is 0.412. The van der Waals surface area contributed by atoms with E-state index in [1.54, 1.807) is 22.9 Å². The van der Waals surface area contributed by atoms with Crippen molar-refractivity contribution in [3.8, 4) is 12.3 Å². The number of piperidine rings is 3. The van der Waals surface area contributed by atoms with Gasteiger partial charge in [0.25, 0.3) is 5.91 Å². The molecule has 5 heteroatoms. The van der Waals surface area contributed by atoms with E-state index in [1.807, 2.05) is 6.07 Å². The van der Waals surface area contributed by atoms with Gasteiger partial charge in [-0.15, -0.1) is 6.42 Å². The van der Waals surface area contributed by atoms with Crippen LogP contribution in [0.2, 0.25) is 0 Å². The maximum atomic E-state index is 12.5. The number of carbonyl (C=O) groups excluding carboxylic acids is 1. The van der Waals surface area contributed by atoms with Crippen molar-refractivity contribution in [1.82, 2.24) is 19.6 Å². The predicted molar refractivity (Wildman–Crippen MR) is 83.5 cm³/mol. The number of imidazole rings is 1. The maximum absolute atomic E-state index is 12.5. The molecule has 3 saturated heterocycles. The van der Waals surface area contributed by atoms with Crippen LogP contribution in [0.5, 0.6) is 0 Å². The summed E-state index contributed by atoms with van der Waals surface area (Å²) in [6.45, 7) is 3.32. The molecule has 0 saturated carbocycles. The Kier molecular flexibility index (Phi) is 3.12. The third-order valence-electron chi connectivity index (χ3n) is 4.83. The van der Waals surface area contributed by atoms with Crippen molar-refractivity contribution in [3.63, 3.8) is 0 Å². The number of nitrogens with zero attached hydrogens (tertiary/aromatic N) is 3. The third-order valence-corrected chi connectivity index (χ3v) is 4.83. The molecule has 2 aromatic heterocycles. The lowest BCUT2D eigenvalue weighted by Crippen LogP contribution is -2.57. The van der Waals surface area contributed by atoms with Crippen molar-refractivity contribution in [3.05, 3.63) is 35.8 Å². The summed E-state index contributed by atoms with van der Waals surface area (Å²) in [5, 5.41) is 3.20. The zero-order valence-electron chi connectivity index (χ0n) is 12.3. The standard InChI is InChI=1S/C17H18N4O/c1-2-14-10-21-9-13(3-4-16(21)18-14)17(22)19-15-11-20-7-5-12(15)6-8-20/h1,3-4,9-10,12,15H,5-8,11H2,(H,19,22). The number of aromatic nitrogens is 2. The van der Waals surface area contributed by atoms with Gasteiger partial charge in [-0.1, -0.05) is 0 Å². The number of amides is 1. The van der Waals surface area contributed by atoms with Crippen LogP contribution in [0.1, 0.15) is 28.9 Å². The molecule has 5 nitrogen and oxygen atoms in total. The van der Waals surface area contributed by atoms with E-state index < -0.39 is 0 Å². The Morgan fingerprint density at radius 3 is 2.82 bits per heavy atom. The Morgan fingerprint density at radius 2 is 2.14 bits per heavy atom. The van der Waals surface area contributed by atoms with Gasteiger partial charge >= 0.3 is 0 Å². The van der Waals surface area contributed by atoms with Crippen LogP contribution < -0.4 is 5.32 Å². The molecule has 3 aliphatic heterocycles. The highest BCUT2D eigenvalue weighted by Gasteiger charge is 2.34. The van der Waals surface area contributed by atoms with E-state index in [0.717, 1.165) is 12.2 Å². The quantitative estimate of drug-likeness (QED) is 0.845. The first-order valence-electron chi connectivity index (χ1n) is 7.71. The Morgan fingerprint density at radius 1 is 1.32 bits per heavy atom. The van der Waals surface area contributed by atoms with E-state index in [9.17, 15) is 4.79 Å². The van der Waals surface area contributed by atoms with E-state index in [4.69, 9.17) is 6.42 Å². The monoisotopic (exact) mass is 294 g/mol. The summed E-state index contributed by atoms with van der Waals surface area (Å²) in [6.07, 6.45) is 11.3. The van der Waals surface area contributed by atoms with Gasteiger partial charge in [0.05, 0.1) is 5.56 Å². The molecule has 0 spiro atoms. The fourth-order valence-corrected chi connectivity index (χ4v) is 3.58. The number of hydrogen-bond acceptors (Lipinski definition) is 3. The topological polar surface area (TPSA) is 49.6 Å². The van der Waals surface area contributed by atoms with Gasteiger partial charge in [0.2, 0.25) is 0 Å². The lowest BCUT2D eigenvalue weighted by Gasteiger charge is -2.44. The van der Waals surface area contributed by atoms with Crippen LogP contribution in [-0.4, -0.2) is 45.9 Å². The largest absolute Gasteiger partial charge is 0.348 e. The molecule has 0 radical (unpaired) electrons. The highest BCUT2D eigenvalue weighted by Crippen LogP contribution is 2.27. The summed E-state index contributed by atoms with van der Waals surface area (Å²) in [4.78, 5) is 19.2. The van der Waals surface area contributed by atoms with Crippen LogP contribution in [-0.2, 0) is 0 Å². The van der Waals surface area contributed by atoms with E-state index in [-0.39, 0.29) is 11.9 Å². The molecule has 22 heavy (non-hydrogen) atoms. The lowest BCUT2D eigenvalue weighted by atomic mass is 9.84. The van der Waals surface area contributed by atoms with Gasteiger partial charge in [0.15, 0.2) is 0 Å². The maximum Gasteiger partial charge on any atom is 0.253 e. The Hall–Kier alpha value is -2.32. The number of hydrogen-bond donors (Lipinski definition) is 1. The molecule has 0 aliphatic carbocycles. The highest BCUT2D eigenvalue weighted by molar-refractivity contribution is 5.94. The van der Waals surface area contributed by atoms with Gasteiger partial charge in [-0.25, -0.2) is 4.98 Å². The van der Waals surface area contributed by atoms with E-state index in [1.165, 1.54) is 25.9 Å². The second-order valence-electron chi connectivity index (χ2n) is 6.17. The van der Waals surface area contributed by atoms with Crippen molar-refractivity contribution < 1.29 is 4.79 Å². The number of rotatable bonds is 2. The van der Waals surface area contributed by atoms with E-state index >= 15 is 0 Å². The van der Waals surface area contributed by atoms with Crippen LogP contribution >= 0.6 is 0 Å². The van der Waals surface area contributed by atoms with Crippen LogP contribution in [0.15, 0.2) is 24.5 Å². The number of terminal acetylenes is 1. The number of carbonyl (C=O) groups is 1. The number of fused-ring (bicyclic) bond motifs is 4. The molecule has 1 N–H and O–H groups in total. The van der Waals surface area contributed by atoms with Crippen LogP contribution in [0.3, 0.4) is 0 Å². The van der Waals surface area contributed by atoms with Crippen molar-refractivity contribution in [2.75, 3.05) is 19.6 Å². The summed E-state index contributed by atoms with van der Waals surface area (Å²) < 4.78 is 1.81.